The van der Waals surface area contributed by atoms with Crippen LogP contribution in [-0.2, 0) is 13.6 Å². The number of hydrogen-bond donors (Lipinski definition) is 2. The SMILES string of the molecule is CCC(C)Sc1ccc(NC(=O)NCc2cnn(C)c2)c(C)c1. The van der Waals surface area contributed by atoms with Gasteiger partial charge in [0.1, 0.15) is 0 Å². The molecule has 0 radical (unpaired) electrons. The molecule has 0 saturated carbocycles. The summed E-state index contributed by atoms with van der Waals surface area (Å²) in [6.07, 6.45) is 4.76. The van der Waals surface area contributed by atoms with Gasteiger partial charge in [0.15, 0.2) is 0 Å². The Morgan fingerprint density at radius 3 is 2.83 bits per heavy atom. The van der Waals surface area contributed by atoms with E-state index in [-0.39, 0.29) is 6.03 Å². The largest absolute Gasteiger partial charge is 0.334 e. The van der Waals surface area contributed by atoms with E-state index in [1.54, 1.807) is 10.9 Å². The highest BCUT2D eigenvalue weighted by molar-refractivity contribution is 7.99. The normalized spacial score (nSPS) is 12.0. The Labute approximate surface area is 141 Å². The average Bonchev–Trinajstić information content (AvgIpc) is 2.93. The third kappa shape index (κ3) is 5.32. The van der Waals surface area contributed by atoms with Crippen LogP contribution in [0.2, 0.25) is 0 Å². The summed E-state index contributed by atoms with van der Waals surface area (Å²) in [5.41, 5.74) is 2.87. The van der Waals surface area contributed by atoms with Crippen LogP contribution in [0.25, 0.3) is 0 Å². The Morgan fingerprint density at radius 2 is 2.22 bits per heavy atom. The van der Waals surface area contributed by atoms with Crippen molar-refractivity contribution in [3.63, 3.8) is 0 Å². The Balaban J connectivity index is 1.90. The van der Waals surface area contributed by atoms with Crippen LogP contribution in [0, 0.1) is 6.92 Å². The number of carbonyl (C=O) groups is 1. The maximum absolute atomic E-state index is 12.0. The van der Waals surface area contributed by atoms with Gasteiger partial charge in [-0.1, -0.05) is 13.8 Å². The molecule has 1 heterocycles. The van der Waals surface area contributed by atoms with Gasteiger partial charge >= 0.3 is 6.03 Å². The molecule has 5 nitrogen and oxygen atoms in total. The van der Waals surface area contributed by atoms with E-state index in [4.69, 9.17) is 0 Å². The van der Waals surface area contributed by atoms with Crippen molar-refractivity contribution in [2.24, 2.45) is 7.05 Å². The number of urea groups is 1. The van der Waals surface area contributed by atoms with E-state index in [1.807, 2.05) is 38.0 Å². The van der Waals surface area contributed by atoms with Gasteiger partial charge in [0, 0.05) is 41.2 Å². The van der Waals surface area contributed by atoms with Crippen molar-refractivity contribution >= 4 is 23.5 Å². The van der Waals surface area contributed by atoms with E-state index in [0.717, 1.165) is 23.2 Å². The van der Waals surface area contributed by atoms with Gasteiger partial charge in [-0.15, -0.1) is 11.8 Å². The number of nitrogens with zero attached hydrogens (tertiary/aromatic N) is 2. The highest BCUT2D eigenvalue weighted by atomic mass is 32.2. The zero-order valence-corrected chi connectivity index (χ0v) is 14.9. The minimum absolute atomic E-state index is 0.209. The molecule has 0 fully saturated rings. The molecule has 0 aliphatic carbocycles. The third-order valence-corrected chi connectivity index (χ3v) is 4.83. The van der Waals surface area contributed by atoms with Crippen molar-refractivity contribution in [3.05, 3.63) is 41.7 Å². The van der Waals surface area contributed by atoms with Crippen LogP contribution in [-0.4, -0.2) is 21.1 Å². The number of rotatable bonds is 6. The molecule has 1 aromatic heterocycles. The van der Waals surface area contributed by atoms with Gasteiger partial charge in [-0.25, -0.2) is 4.79 Å². The van der Waals surface area contributed by atoms with E-state index in [2.05, 4.69) is 41.7 Å². The molecule has 2 N–H and O–H groups in total. The first-order chi connectivity index (χ1) is 11.0. The van der Waals surface area contributed by atoms with Crippen molar-refractivity contribution in [2.45, 2.75) is 43.9 Å². The minimum Gasteiger partial charge on any atom is -0.334 e. The van der Waals surface area contributed by atoms with Crippen LogP contribution >= 0.6 is 11.8 Å². The number of amides is 2. The topological polar surface area (TPSA) is 59.0 Å². The first-order valence-electron chi connectivity index (χ1n) is 7.77. The summed E-state index contributed by atoms with van der Waals surface area (Å²) in [5, 5.41) is 10.4. The monoisotopic (exact) mass is 332 g/mol. The number of aryl methyl sites for hydroxylation is 2. The molecule has 2 rings (SSSR count). The van der Waals surface area contributed by atoms with Crippen LogP contribution in [0.3, 0.4) is 0 Å². The summed E-state index contributed by atoms with van der Waals surface area (Å²) >= 11 is 1.86. The van der Waals surface area contributed by atoms with Crippen LogP contribution in [0.1, 0.15) is 31.4 Å². The van der Waals surface area contributed by atoms with Gasteiger partial charge < -0.3 is 10.6 Å². The fourth-order valence-corrected chi connectivity index (χ4v) is 3.10. The zero-order valence-electron chi connectivity index (χ0n) is 14.1. The molecule has 6 heteroatoms. The lowest BCUT2D eigenvalue weighted by atomic mass is 10.2. The maximum Gasteiger partial charge on any atom is 0.319 e. The molecule has 0 spiro atoms. The molecule has 1 unspecified atom stereocenters. The van der Waals surface area contributed by atoms with Gasteiger partial charge in [0.05, 0.1) is 6.20 Å². The molecular formula is C17H24N4OS. The highest BCUT2D eigenvalue weighted by Gasteiger charge is 2.07. The average molecular weight is 332 g/mol. The second-order valence-electron chi connectivity index (χ2n) is 5.64. The van der Waals surface area contributed by atoms with Gasteiger partial charge in [-0.3, -0.25) is 4.68 Å². The van der Waals surface area contributed by atoms with Crippen molar-refractivity contribution in [1.82, 2.24) is 15.1 Å². The second-order valence-corrected chi connectivity index (χ2v) is 7.16. The number of anilines is 1. The molecule has 1 aromatic carbocycles. The molecule has 0 bridgehead atoms. The van der Waals surface area contributed by atoms with Crippen LogP contribution < -0.4 is 10.6 Å². The summed E-state index contributed by atoms with van der Waals surface area (Å²) in [5.74, 6) is 0. The lowest BCUT2D eigenvalue weighted by Gasteiger charge is -2.12. The predicted molar refractivity (Wildman–Crippen MR) is 95.9 cm³/mol. The number of aromatic nitrogens is 2. The number of hydrogen-bond acceptors (Lipinski definition) is 3. The lowest BCUT2D eigenvalue weighted by Crippen LogP contribution is -2.28. The standard InChI is InChI=1S/C17H24N4OS/c1-5-13(3)23-15-6-7-16(12(2)8-15)20-17(22)18-9-14-10-19-21(4)11-14/h6-8,10-11,13H,5,9H2,1-4H3,(H2,18,20,22). The molecule has 0 aliphatic heterocycles. The van der Waals surface area contributed by atoms with Gasteiger partial charge in [-0.2, -0.15) is 5.10 Å². The number of carbonyl (C=O) groups excluding carboxylic acids is 1. The number of thioether (sulfide) groups is 1. The Hall–Kier alpha value is -1.95. The Kier molecular flexibility index (Phi) is 6.10. The second kappa shape index (κ2) is 8.06. The lowest BCUT2D eigenvalue weighted by molar-refractivity contribution is 0.251. The van der Waals surface area contributed by atoms with Gasteiger partial charge in [0.25, 0.3) is 0 Å². The Morgan fingerprint density at radius 1 is 1.43 bits per heavy atom. The molecule has 23 heavy (non-hydrogen) atoms. The fourth-order valence-electron chi connectivity index (χ4n) is 2.08. The first kappa shape index (κ1) is 17.4. The Bertz CT molecular complexity index is 668. The van der Waals surface area contributed by atoms with Crippen molar-refractivity contribution < 1.29 is 4.79 Å². The summed E-state index contributed by atoms with van der Waals surface area (Å²) in [6, 6.07) is 5.93. The molecule has 0 saturated heterocycles. The van der Waals surface area contributed by atoms with Crippen molar-refractivity contribution in [1.29, 1.82) is 0 Å². The zero-order chi connectivity index (χ0) is 16.8. The van der Waals surface area contributed by atoms with Crippen LogP contribution in [0.15, 0.2) is 35.5 Å². The van der Waals surface area contributed by atoms with Crippen molar-refractivity contribution in [2.75, 3.05) is 5.32 Å². The van der Waals surface area contributed by atoms with E-state index in [1.165, 1.54) is 4.90 Å². The maximum atomic E-state index is 12.0. The first-order valence-corrected chi connectivity index (χ1v) is 8.65. The van der Waals surface area contributed by atoms with Gasteiger partial charge in [0.2, 0.25) is 0 Å². The smallest absolute Gasteiger partial charge is 0.319 e. The minimum atomic E-state index is -0.209. The van der Waals surface area contributed by atoms with E-state index in [0.29, 0.717) is 11.8 Å². The summed E-state index contributed by atoms with van der Waals surface area (Å²) in [4.78, 5) is 13.2. The number of nitrogens with one attached hydrogen (secondary N) is 2. The van der Waals surface area contributed by atoms with E-state index in [9.17, 15) is 4.79 Å². The number of benzene rings is 1. The van der Waals surface area contributed by atoms with Crippen molar-refractivity contribution in [3.8, 4) is 0 Å². The highest BCUT2D eigenvalue weighted by Crippen LogP contribution is 2.28. The van der Waals surface area contributed by atoms with E-state index < -0.39 is 0 Å². The van der Waals surface area contributed by atoms with Crippen LogP contribution in [0.4, 0.5) is 10.5 Å². The third-order valence-electron chi connectivity index (χ3n) is 3.57. The quantitative estimate of drug-likeness (QED) is 0.788. The molecule has 2 aromatic rings. The molecular weight excluding hydrogens is 308 g/mol. The predicted octanol–water partition coefficient (Wildman–Crippen LogP) is 3.94. The van der Waals surface area contributed by atoms with Crippen LogP contribution in [0.5, 0.6) is 0 Å². The fraction of sp³-hybridized carbons (Fsp3) is 0.412. The van der Waals surface area contributed by atoms with E-state index >= 15 is 0 Å². The molecule has 124 valence electrons. The summed E-state index contributed by atoms with van der Waals surface area (Å²) < 4.78 is 1.72. The molecule has 2 amide bonds. The molecule has 1 atom stereocenters. The molecule has 0 aliphatic rings. The summed E-state index contributed by atoms with van der Waals surface area (Å²) in [7, 11) is 1.85. The van der Waals surface area contributed by atoms with Gasteiger partial charge in [-0.05, 0) is 37.1 Å². The summed E-state index contributed by atoms with van der Waals surface area (Å²) in [6.45, 7) is 6.88.